The normalized spacial score (nSPS) is 23.4. The summed E-state index contributed by atoms with van der Waals surface area (Å²) in [6.07, 6.45) is -0.189. The van der Waals surface area contributed by atoms with Gasteiger partial charge in [-0.3, -0.25) is 8.98 Å². The van der Waals surface area contributed by atoms with E-state index in [1.165, 1.54) is 12.1 Å². The third kappa shape index (κ3) is 3.33. The van der Waals surface area contributed by atoms with Crippen molar-refractivity contribution >= 4 is 16.1 Å². The molecule has 104 valence electrons. The van der Waals surface area contributed by atoms with Gasteiger partial charge in [0.25, 0.3) is 10.1 Å². The molecule has 0 aromatic heterocycles. The highest BCUT2D eigenvalue weighted by Crippen LogP contribution is 2.23. The molecule has 1 aliphatic rings. The van der Waals surface area contributed by atoms with Gasteiger partial charge in [0.1, 0.15) is 12.7 Å². The van der Waals surface area contributed by atoms with E-state index in [2.05, 4.69) is 0 Å². The summed E-state index contributed by atoms with van der Waals surface area (Å²) in [4.78, 5) is 11.2. The SMILES string of the molecule is Cc1ccc(S(=O)(=O)OC[C@H]2OC(=O)CC2C)cc1. The number of hydrogen-bond donors (Lipinski definition) is 0. The number of rotatable bonds is 4. The first-order valence-corrected chi connectivity index (χ1v) is 7.45. The van der Waals surface area contributed by atoms with Crippen molar-refractivity contribution < 1.29 is 22.1 Å². The van der Waals surface area contributed by atoms with Crippen molar-refractivity contribution in [2.75, 3.05) is 6.61 Å². The molecule has 1 unspecified atom stereocenters. The van der Waals surface area contributed by atoms with Crippen LogP contribution < -0.4 is 0 Å². The number of ether oxygens (including phenoxy) is 1. The molecule has 0 radical (unpaired) electrons. The average Bonchev–Trinajstić information content (AvgIpc) is 2.66. The van der Waals surface area contributed by atoms with Crippen molar-refractivity contribution in [3.8, 4) is 0 Å². The Bertz CT molecular complexity index is 561. The van der Waals surface area contributed by atoms with E-state index >= 15 is 0 Å². The number of carbonyl (C=O) groups excluding carboxylic acids is 1. The lowest BCUT2D eigenvalue weighted by Crippen LogP contribution is -2.23. The smallest absolute Gasteiger partial charge is 0.306 e. The molecule has 1 aliphatic heterocycles. The molecule has 1 fully saturated rings. The zero-order chi connectivity index (χ0) is 14.0. The zero-order valence-corrected chi connectivity index (χ0v) is 11.6. The number of carbonyl (C=O) groups is 1. The molecule has 0 saturated carbocycles. The molecule has 1 aromatic rings. The van der Waals surface area contributed by atoms with Gasteiger partial charge in [-0.2, -0.15) is 8.42 Å². The molecule has 1 saturated heterocycles. The van der Waals surface area contributed by atoms with Gasteiger partial charge < -0.3 is 4.74 Å². The van der Waals surface area contributed by atoms with Gasteiger partial charge in [0.15, 0.2) is 0 Å². The van der Waals surface area contributed by atoms with Crippen molar-refractivity contribution in [1.29, 1.82) is 0 Å². The van der Waals surface area contributed by atoms with Gasteiger partial charge in [-0.05, 0) is 19.1 Å². The van der Waals surface area contributed by atoms with Crippen LogP contribution in [-0.4, -0.2) is 27.1 Å². The molecule has 0 bridgehead atoms. The van der Waals surface area contributed by atoms with Crippen LogP contribution in [0.4, 0.5) is 0 Å². The predicted octanol–water partition coefficient (Wildman–Crippen LogP) is 1.65. The Morgan fingerprint density at radius 3 is 2.47 bits per heavy atom. The average molecular weight is 284 g/mol. The highest BCUT2D eigenvalue weighted by molar-refractivity contribution is 7.86. The first-order chi connectivity index (χ1) is 8.88. The first kappa shape index (κ1) is 14.0. The van der Waals surface area contributed by atoms with E-state index in [0.717, 1.165) is 5.56 Å². The second kappa shape index (κ2) is 5.30. The van der Waals surface area contributed by atoms with Crippen molar-refractivity contribution in [2.24, 2.45) is 5.92 Å². The summed E-state index contributed by atoms with van der Waals surface area (Å²) >= 11 is 0. The lowest BCUT2D eigenvalue weighted by atomic mass is 10.1. The molecule has 0 spiro atoms. The predicted molar refractivity (Wildman–Crippen MR) is 68.0 cm³/mol. The lowest BCUT2D eigenvalue weighted by molar-refractivity contribution is -0.142. The molecule has 0 N–H and O–H groups in total. The number of hydrogen-bond acceptors (Lipinski definition) is 5. The van der Waals surface area contributed by atoms with Crippen LogP contribution in [0, 0.1) is 12.8 Å². The maximum absolute atomic E-state index is 11.9. The maximum Gasteiger partial charge on any atom is 0.306 e. The fraction of sp³-hybridized carbons (Fsp3) is 0.462. The van der Waals surface area contributed by atoms with E-state index in [-0.39, 0.29) is 23.4 Å². The summed E-state index contributed by atoms with van der Waals surface area (Å²) in [5.74, 6) is -0.338. The molecule has 1 aromatic carbocycles. The van der Waals surface area contributed by atoms with Crippen LogP contribution >= 0.6 is 0 Å². The van der Waals surface area contributed by atoms with Crippen LogP contribution in [0.3, 0.4) is 0 Å². The monoisotopic (exact) mass is 284 g/mol. The number of benzene rings is 1. The minimum Gasteiger partial charge on any atom is -0.460 e. The third-order valence-electron chi connectivity index (χ3n) is 3.10. The molecule has 0 aliphatic carbocycles. The van der Waals surface area contributed by atoms with Crippen LogP contribution in [0.1, 0.15) is 18.9 Å². The van der Waals surface area contributed by atoms with E-state index in [9.17, 15) is 13.2 Å². The minimum absolute atomic E-state index is 0.0271. The largest absolute Gasteiger partial charge is 0.460 e. The molecule has 1 heterocycles. The quantitative estimate of drug-likeness (QED) is 0.621. The number of cyclic esters (lactones) is 1. The zero-order valence-electron chi connectivity index (χ0n) is 10.8. The Balaban J connectivity index is 2.02. The van der Waals surface area contributed by atoms with Crippen LogP contribution in [0.2, 0.25) is 0 Å². The van der Waals surface area contributed by atoms with Crippen molar-refractivity contribution in [1.82, 2.24) is 0 Å². The van der Waals surface area contributed by atoms with Gasteiger partial charge in [-0.15, -0.1) is 0 Å². The van der Waals surface area contributed by atoms with Crippen LogP contribution in [0.5, 0.6) is 0 Å². The van der Waals surface area contributed by atoms with Gasteiger partial charge in [0, 0.05) is 5.92 Å². The maximum atomic E-state index is 11.9. The number of aryl methyl sites for hydroxylation is 1. The van der Waals surface area contributed by atoms with Gasteiger partial charge in [-0.1, -0.05) is 24.6 Å². The second-order valence-corrected chi connectivity index (χ2v) is 6.38. The van der Waals surface area contributed by atoms with Gasteiger partial charge in [0.2, 0.25) is 0 Å². The topological polar surface area (TPSA) is 69.7 Å². The Kier molecular flexibility index (Phi) is 3.91. The van der Waals surface area contributed by atoms with E-state index in [1.807, 2.05) is 13.8 Å². The van der Waals surface area contributed by atoms with Crippen molar-refractivity contribution in [2.45, 2.75) is 31.3 Å². The molecule has 2 rings (SSSR count). The Hall–Kier alpha value is -1.40. The Morgan fingerprint density at radius 2 is 1.95 bits per heavy atom. The standard InChI is InChI=1S/C13H16O5S/c1-9-3-5-11(6-4-9)19(15,16)17-8-12-10(2)7-13(14)18-12/h3-6,10,12H,7-8H2,1-2H3/t10?,12-/m1/s1. The van der Waals surface area contributed by atoms with Crippen LogP contribution in [0.15, 0.2) is 29.2 Å². The summed E-state index contributed by atoms with van der Waals surface area (Å²) in [7, 11) is -3.80. The van der Waals surface area contributed by atoms with Gasteiger partial charge in [0.05, 0.1) is 11.3 Å². The van der Waals surface area contributed by atoms with Gasteiger partial charge in [-0.25, -0.2) is 0 Å². The van der Waals surface area contributed by atoms with E-state index < -0.39 is 16.2 Å². The van der Waals surface area contributed by atoms with E-state index in [4.69, 9.17) is 8.92 Å². The first-order valence-electron chi connectivity index (χ1n) is 6.04. The number of esters is 1. The van der Waals surface area contributed by atoms with E-state index in [0.29, 0.717) is 6.42 Å². The summed E-state index contributed by atoms with van der Waals surface area (Å²) < 4.78 is 33.8. The summed E-state index contributed by atoms with van der Waals surface area (Å²) in [5.41, 5.74) is 0.970. The highest BCUT2D eigenvalue weighted by atomic mass is 32.2. The Labute approximate surface area is 112 Å². The molecule has 6 heteroatoms. The molecular formula is C13H16O5S. The molecule has 5 nitrogen and oxygen atoms in total. The Morgan fingerprint density at radius 1 is 1.32 bits per heavy atom. The van der Waals surface area contributed by atoms with E-state index in [1.54, 1.807) is 12.1 Å². The third-order valence-corrected chi connectivity index (χ3v) is 4.40. The molecule has 19 heavy (non-hydrogen) atoms. The molecule has 2 atom stereocenters. The van der Waals surface area contributed by atoms with Crippen molar-refractivity contribution in [3.05, 3.63) is 29.8 Å². The van der Waals surface area contributed by atoms with Gasteiger partial charge >= 0.3 is 5.97 Å². The lowest BCUT2D eigenvalue weighted by Gasteiger charge is -2.13. The van der Waals surface area contributed by atoms with Crippen molar-refractivity contribution in [3.63, 3.8) is 0 Å². The van der Waals surface area contributed by atoms with Crippen LogP contribution in [-0.2, 0) is 23.8 Å². The summed E-state index contributed by atoms with van der Waals surface area (Å²) in [6.45, 7) is 3.57. The second-order valence-electron chi connectivity index (χ2n) is 4.76. The highest BCUT2D eigenvalue weighted by Gasteiger charge is 2.33. The fourth-order valence-corrected chi connectivity index (χ4v) is 2.77. The van der Waals surface area contributed by atoms with Crippen LogP contribution in [0.25, 0.3) is 0 Å². The summed E-state index contributed by atoms with van der Waals surface area (Å²) in [6, 6.07) is 6.40. The summed E-state index contributed by atoms with van der Waals surface area (Å²) in [5, 5.41) is 0. The molecular weight excluding hydrogens is 268 g/mol. The minimum atomic E-state index is -3.80. The molecule has 0 amide bonds. The fourth-order valence-electron chi connectivity index (χ4n) is 1.86.